The van der Waals surface area contributed by atoms with Gasteiger partial charge in [0, 0.05) is 6.54 Å². The lowest BCUT2D eigenvalue weighted by Crippen LogP contribution is -2.15. The van der Waals surface area contributed by atoms with Crippen molar-refractivity contribution in [2.45, 2.75) is 20.8 Å². The summed E-state index contributed by atoms with van der Waals surface area (Å²) in [5.74, 6) is 0.135. The van der Waals surface area contributed by atoms with Crippen LogP contribution in [0.15, 0.2) is 18.2 Å². The Kier molecular flexibility index (Phi) is 4.82. The molecule has 3 N–H and O–H groups in total. The normalized spacial score (nSPS) is 10.4. The molecular weight excluding hydrogens is 216 g/mol. The van der Waals surface area contributed by atoms with Gasteiger partial charge in [0.1, 0.15) is 0 Å². The van der Waals surface area contributed by atoms with E-state index in [0.717, 1.165) is 6.54 Å². The number of hydrogen-bond donors (Lipinski definition) is 2. The summed E-state index contributed by atoms with van der Waals surface area (Å²) in [6.07, 6.45) is 0. The third kappa shape index (κ3) is 3.66. The second-order valence-electron chi connectivity index (χ2n) is 4.27. The largest absolute Gasteiger partial charge is 0.462 e. The van der Waals surface area contributed by atoms with Crippen LogP contribution in [0.4, 0.5) is 11.4 Å². The summed E-state index contributed by atoms with van der Waals surface area (Å²) in [5.41, 5.74) is 7.60. The molecule has 1 rings (SSSR count). The maximum absolute atomic E-state index is 11.7. The van der Waals surface area contributed by atoms with Crippen LogP contribution in [0, 0.1) is 5.92 Å². The van der Waals surface area contributed by atoms with Crippen molar-refractivity contribution >= 4 is 17.3 Å². The maximum atomic E-state index is 11.7. The number of rotatable bonds is 5. The molecule has 0 aliphatic heterocycles. The topological polar surface area (TPSA) is 64.3 Å². The fourth-order valence-corrected chi connectivity index (χ4v) is 1.45. The number of nitrogens with one attached hydrogen (secondary N) is 1. The molecule has 0 fully saturated rings. The van der Waals surface area contributed by atoms with E-state index < -0.39 is 0 Å². The molecule has 0 heterocycles. The van der Waals surface area contributed by atoms with E-state index in [0.29, 0.717) is 29.5 Å². The van der Waals surface area contributed by atoms with Gasteiger partial charge in [0.15, 0.2) is 0 Å². The molecule has 0 bridgehead atoms. The molecule has 0 amide bonds. The van der Waals surface area contributed by atoms with Crippen LogP contribution in [0.25, 0.3) is 0 Å². The van der Waals surface area contributed by atoms with Gasteiger partial charge in [0.2, 0.25) is 0 Å². The Morgan fingerprint density at radius 2 is 2.18 bits per heavy atom. The Morgan fingerprint density at radius 1 is 1.47 bits per heavy atom. The second kappa shape index (κ2) is 6.13. The van der Waals surface area contributed by atoms with Crippen molar-refractivity contribution in [1.82, 2.24) is 0 Å². The Hall–Kier alpha value is -1.71. The highest BCUT2D eigenvalue weighted by Gasteiger charge is 2.14. The number of benzene rings is 1. The van der Waals surface area contributed by atoms with E-state index in [1.54, 1.807) is 25.1 Å². The van der Waals surface area contributed by atoms with Gasteiger partial charge in [0.25, 0.3) is 0 Å². The average molecular weight is 236 g/mol. The quantitative estimate of drug-likeness (QED) is 0.609. The van der Waals surface area contributed by atoms with Crippen molar-refractivity contribution in [3.05, 3.63) is 23.8 Å². The third-order valence-electron chi connectivity index (χ3n) is 2.28. The first kappa shape index (κ1) is 13.4. The Morgan fingerprint density at radius 3 is 2.76 bits per heavy atom. The number of carbonyl (C=O) groups excluding carboxylic acids is 1. The van der Waals surface area contributed by atoms with Gasteiger partial charge in [-0.3, -0.25) is 0 Å². The lowest BCUT2D eigenvalue weighted by atomic mass is 10.1. The lowest BCUT2D eigenvalue weighted by molar-refractivity contribution is 0.0527. The third-order valence-corrected chi connectivity index (χ3v) is 2.28. The summed E-state index contributed by atoms with van der Waals surface area (Å²) in [6.45, 7) is 7.09. The number of anilines is 2. The molecule has 17 heavy (non-hydrogen) atoms. The fraction of sp³-hybridized carbons (Fsp3) is 0.462. The first-order valence-corrected chi connectivity index (χ1v) is 5.85. The van der Waals surface area contributed by atoms with E-state index in [9.17, 15) is 4.79 Å². The molecule has 4 heteroatoms. The van der Waals surface area contributed by atoms with E-state index in [1.165, 1.54) is 0 Å². The van der Waals surface area contributed by atoms with Crippen molar-refractivity contribution in [3.8, 4) is 0 Å². The summed E-state index contributed by atoms with van der Waals surface area (Å²) in [6, 6.07) is 5.24. The van der Waals surface area contributed by atoms with Crippen LogP contribution in [0.1, 0.15) is 31.1 Å². The highest BCUT2D eigenvalue weighted by Crippen LogP contribution is 2.24. The highest BCUT2D eigenvalue weighted by molar-refractivity contribution is 5.98. The molecular formula is C13H20N2O2. The predicted molar refractivity (Wildman–Crippen MR) is 70.1 cm³/mol. The molecule has 4 nitrogen and oxygen atoms in total. The zero-order valence-corrected chi connectivity index (χ0v) is 10.6. The minimum atomic E-state index is -0.342. The van der Waals surface area contributed by atoms with Crippen LogP contribution in [0.5, 0.6) is 0 Å². The van der Waals surface area contributed by atoms with Gasteiger partial charge in [-0.05, 0) is 25.0 Å². The van der Waals surface area contributed by atoms with Gasteiger partial charge >= 0.3 is 5.97 Å². The summed E-state index contributed by atoms with van der Waals surface area (Å²) < 4.78 is 5.00. The van der Waals surface area contributed by atoms with E-state index in [1.807, 2.05) is 0 Å². The summed E-state index contributed by atoms with van der Waals surface area (Å²) in [4.78, 5) is 11.7. The van der Waals surface area contributed by atoms with Gasteiger partial charge in [-0.1, -0.05) is 19.9 Å². The lowest BCUT2D eigenvalue weighted by Gasteiger charge is -2.15. The molecule has 0 atom stereocenters. The number of nitrogens with two attached hydrogens (primary N) is 1. The Bertz CT molecular complexity index is 389. The van der Waals surface area contributed by atoms with Crippen LogP contribution >= 0.6 is 0 Å². The molecule has 0 saturated carbocycles. The van der Waals surface area contributed by atoms with Crippen LogP contribution in [-0.4, -0.2) is 19.1 Å². The highest BCUT2D eigenvalue weighted by atomic mass is 16.5. The summed E-state index contributed by atoms with van der Waals surface area (Å²) in [7, 11) is 0. The molecule has 0 saturated heterocycles. The van der Waals surface area contributed by atoms with Crippen molar-refractivity contribution in [2.75, 3.05) is 24.2 Å². The molecule has 1 aromatic carbocycles. The van der Waals surface area contributed by atoms with E-state index in [-0.39, 0.29) is 5.97 Å². The number of esters is 1. The molecule has 94 valence electrons. The van der Waals surface area contributed by atoms with Crippen LogP contribution < -0.4 is 11.1 Å². The maximum Gasteiger partial charge on any atom is 0.340 e. The molecule has 0 radical (unpaired) electrons. The van der Waals surface area contributed by atoms with Gasteiger partial charge < -0.3 is 15.8 Å². The standard InChI is InChI=1S/C13H20N2O2/c1-4-17-13(16)10-6-5-7-11(14)12(10)15-8-9(2)3/h5-7,9,15H,4,8,14H2,1-3H3. The van der Waals surface area contributed by atoms with Gasteiger partial charge in [0.05, 0.1) is 23.5 Å². The van der Waals surface area contributed by atoms with E-state index in [4.69, 9.17) is 10.5 Å². The Balaban J connectivity index is 2.95. The molecule has 0 unspecified atom stereocenters. The van der Waals surface area contributed by atoms with E-state index in [2.05, 4.69) is 19.2 Å². The van der Waals surface area contributed by atoms with Crippen molar-refractivity contribution in [1.29, 1.82) is 0 Å². The van der Waals surface area contributed by atoms with Crippen molar-refractivity contribution in [3.63, 3.8) is 0 Å². The number of hydrogen-bond acceptors (Lipinski definition) is 4. The molecule has 0 spiro atoms. The summed E-state index contributed by atoms with van der Waals surface area (Å²) >= 11 is 0. The fourth-order valence-electron chi connectivity index (χ4n) is 1.45. The predicted octanol–water partition coefficient (Wildman–Crippen LogP) is 2.51. The number of carbonyl (C=O) groups is 1. The van der Waals surface area contributed by atoms with Crippen LogP contribution in [-0.2, 0) is 4.74 Å². The van der Waals surface area contributed by atoms with Crippen molar-refractivity contribution < 1.29 is 9.53 Å². The minimum Gasteiger partial charge on any atom is -0.462 e. The van der Waals surface area contributed by atoms with Gasteiger partial charge in [-0.2, -0.15) is 0 Å². The molecule has 1 aromatic rings. The first-order chi connectivity index (χ1) is 8.06. The average Bonchev–Trinajstić information content (AvgIpc) is 2.27. The van der Waals surface area contributed by atoms with Crippen LogP contribution in [0.2, 0.25) is 0 Å². The zero-order valence-electron chi connectivity index (χ0n) is 10.6. The SMILES string of the molecule is CCOC(=O)c1cccc(N)c1NCC(C)C. The van der Waals surface area contributed by atoms with E-state index >= 15 is 0 Å². The number of ether oxygens (including phenoxy) is 1. The molecule has 0 aliphatic carbocycles. The summed E-state index contributed by atoms with van der Waals surface area (Å²) in [5, 5.41) is 3.19. The Labute approximate surface area is 102 Å². The minimum absolute atomic E-state index is 0.342. The van der Waals surface area contributed by atoms with Gasteiger partial charge in [-0.15, -0.1) is 0 Å². The van der Waals surface area contributed by atoms with Gasteiger partial charge in [-0.25, -0.2) is 4.79 Å². The molecule has 0 aliphatic rings. The van der Waals surface area contributed by atoms with Crippen LogP contribution in [0.3, 0.4) is 0 Å². The molecule has 0 aromatic heterocycles. The first-order valence-electron chi connectivity index (χ1n) is 5.85. The van der Waals surface area contributed by atoms with Crippen molar-refractivity contribution in [2.24, 2.45) is 5.92 Å². The smallest absolute Gasteiger partial charge is 0.340 e. The monoisotopic (exact) mass is 236 g/mol. The zero-order chi connectivity index (χ0) is 12.8. The number of para-hydroxylation sites is 1. The number of nitrogen functional groups attached to an aromatic ring is 1. The second-order valence-corrected chi connectivity index (χ2v) is 4.27.